The first kappa shape index (κ1) is 11.5. The van der Waals surface area contributed by atoms with Gasteiger partial charge in [-0.2, -0.15) is 0 Å². The van der Waals surface area contributed by atoms with E-state index in [0.29, 0.717) is 6.61 Å². The first-order valence-corrected chi connectivity index (χ1v) is 4.36. The van der Waals surface area contributed by atoms with E-state index in [1.54, 1.807) is 6.92 Å². The highest BCUT2D eigenvalue weighted by Crippen LogP contribution is 2.09. The van der Waals surface area contributed by atoms with Gasteiger partial charge < -0.3 is 9.47 Å². The summed E-state index contributed by atoms with van der Waals surface area (Å²) in [4.78, 5) is 18.2. The predicted octanol–water partition coefficient (Wildman–Crippen LogP) is 0.939. The Morgan fingerprint density at radius 2 is 2.27 bits per heavy atom. The molecule has 0 amide bonds. The van der Waals surface area contributed by atoms with Crippen LogP contribution in [0.5, 0.6) is 0 Å². The predicted molar refractivity (Wildman–Crippen MR) is 48.7 cm³/mol. The van der Waals surface area contributed by atoms with Crippen LogP contribution in [0.4, 0.5) is 4.39 Å². The van der Waals surface area contributed by atoms with Gasteiger partial charge in [0.05, 0.1) is 13.7 Å². The van der Waals surface area contributed by atoms with Crippen LogP contribution in [0, 0.1) is 5.82 Å². The fraction of sp³-hybridized carbons (Fsp3) is 0.444. The lowest BCUT2D eigenvalue weighted by molar-refractivity contribution is 0.0586. The summed E-state index contributed by atoms with van der Waals surface area (Å²) in [5, 5.41) is 0. The van der Waals surface area contributed by atoms with Gasteiger partial charge in [0.2, 0.25) is 0 Å². The van der Waals surface area contributed by atoms with Crippen molar-refractivity contribution in [1.29, 1.82) is 0 Å². The molecule has 0 spiro atoms. The topological polar surface area (TPSA) is 61.3 Å². The van der Waals surface area contributed by atoms with Gasteiger partial charge in [-0.25, -0.2) is 19.2 Å². The summed E-state index contributed by atoms with van der Waals surface area (Å²) < 4.78 is 22.9. The number of ether oxygens (including phenoxy) is 2. The third-order valence-electron chi connectivity index (χ3n) is 1.68. The Morgan fingerprint density at radius 3 is 2.87 bits per heavy atom. The number of halogens is 1. The molecule has 15 heavy (non-hydrogen) atoms. The number of carbonyl (C=O) groups is 1. The number of esters is 1. The number of aromatic nitrogens is 2. The lowest BCUT2D eigenvalue weighted by Crippen LogP contribution is -2.11. The molecule has 0 fully saturated rings. The number of hydrogen-bond donors (Lipinski definition) is 0. The smallest absolute Gasteiger partial charge is 0.359 e. The summed E-state index contributed by atoms with van der Waals surface area (Å²) >= 11 is 0. The number of nitrogens with zero attached hydrogens (tertiary/aromatic N) is 2. The Kier molecular flexibility index (Phi) is 4.11. The largest absolute Gasteiger partial charge is 0.464 e. The van der Waals surface area contributed by atoms with E-state index in [2.05, 4.69) is 14.7 Å². The fourth-order valence-electron chi connectivity index (χ4n) is 0.945. The maximum absolute atomic E-state index is 13.5. The third-order valence-corrected chi connectivity index (χ3v) is 1.68. The molecule has 0 aliphatic carbocycles. The van der Waals surface area contributed by atoms with Gasteiger partial charge in [-0.1, -0.05) is 0 Å². The van der Waals surface area contributed by atoms with Gasteiger partial charge in [0.25, 0.3) is 0 Å². The van der Waals surface area contributed by atoms with Crippen molar-refractivity contribution >= 4 is 5.97 Å². The molecule has 0 aliphatic rings. The second kappa shape index (κ2) is 5.35. The molecule has 5 nitrogen and oxygen atoms in total. The average molecular weight is 214 g/mol. The van der Waals surface area contributed by atoms with E-state index in [0.717, 1.165) is 13.4 Å². The first-order valence-electron chi connectivity index (χ1n) is 4.36. The van der Waals surface area contributed by atoms with Crippen molar-refractivity contribution in [3.63, 3.8) is 0 Å². The summed E-state index contributed by atoms with van der Waals surface area (Å²) in [5.41, 5.74) is -0.325. The molecule has 1 aromatic heterocycles. The molecule has 0 saturated carbocycles. The number of carbonyl (C=O) groups excluding carboxylic acids is 1. The molecule has 0 N–H and O–H groups in total. The highest BCUT2D eigenvalue weighted by atomic mass is 19.1. The Morgan fingerprint density at radius 1 is 1.53 bits per heavy atom. The van der Waals surface area contributed by atoms with Crippen molar-refractivity contribution in [1.82, 2.24) is 9.97 Å². The van der Waals surface area contributed by atoms with Gasteiger partial charge in [-0.3, -0.25) is 0 Å². The van der Waals surface area contributed by atoms with Crippen molar-refractivity contribution in [2.45, 2.75) is 13.5 Å². The Bertz CT molecular complexity index is 357. The van der Waals surface area contributed by atoms with Crippen LogP contribution in [0.1, 0.15) is 23.1 Å². The summed E-state index contributed by atoms with van der Waals surface area (Å²) in [7, 11) is 1.16. The molecule has 0 unspecified atom stereocenters. The van der Waals surface area contributed by atoms with E-state index in [9.17, 15) is 9.18 Å². The minimum absolute atomic E-state index is 0.00878. The molecule has 1 aromatic rings. The van der Waals surface area contributed by atoms with Crippen molar-refractivity contribution in [3.8, 4) is 0 Å². The zero-order valence-corrected chi connectivity index (χ0v) is 8.49. The Labute approximate surface area is 86.2 Å². The van der Waals surface area contributed by atoms with Crippen LogP contribution >= 0.6 is 0 Å². The highest BCUT2D eigenvalue weighted by molar-refractivity contribution is 5.87. The van der Waals surface area contributed by atoms with Crippen LogP contribution in [0.25, 0.3) is 0 Å². The van der Waals surface area contributed by atoms with Gasteiger partial charge in [-0.15, -0.1) is 0 Å². The number of rotatable bonds is 4. The molecule has 0 aromatic carbocycles. The second-order valence-electron chi connectivity index (χ2n) is 2.61. The Balaban J connectivity index is 2.95. The van der Waals surface area contributed by atoms with Crippen LogP contribution in [-0.2, 0) is 16.1 Å². The van der Waals surface area contributed by atoms with E-state index < -0.39 is 11.8 Å². The molecule has 0 saturated heterocycles. The molecule has 6 heteroatoms. The summed E-state index contributed by atoms with van der Waals surface area (Å²) in [6.07, 6.45) is 1.10. The zero-order valence-electron chi connectivity index (χ0n) is 8.49. The van der Waals surface area contributed by atoms with Crippen molar-refractivity contribution in [3.05, 3.63) is 23.5 Å². The number of methoxy groups -OCH3 is 1. The van der Waals surface area contributed by atoms with Crippen molar-refractivity contribution < 1.29 is 18.7 Å². The standard InChI is InChI=1S/C9H11FN2O3/c1-3-15-4-6-7(10)8(9(13)14-2)12-5-11-6/h5H,3-4H2,1-2H3. The van der Waals surface area contributed by atoms with E-state index in [1.165, 1.54) is 0 Å². The Hall–Kier alpha value is -1.56. The molecule has 82 valence electrons. The lowest BCUT2D eigenvalue weighted by Gasteiger charge is -2.04. The summed E-state index contributed by atoms with van der Waals surface area (Å²) in [6, 6.07) is 0. The second-order valence-corrected chi connectivity index (χ2v) is 2.61. The molecule has 1 heterocycles. The van der Waals surface area contributed by atoms with E-state index >= 15 is 0 Å². The van der Waals surface area contributed by atoms with Crippen LogP contribution < -0.4 is 0 Å². The average Bonchev–Trinajstić information content (AvgIpc) is 2.27. The molecule has 1 rings (SSSR count). The quantitative estimate of drug-likeness (QED) is 0.698. The maximum Gasteiger partial charge on any atom is 0.359 e. The summed E-state index contributed by atoms with van der Waals surface area (Å²) in [6.45, 7) is 2.23. The van der Waals surface area contributed by atoms with Gasteiger partial charge in [-0.05, 0) is 6.92 Å². The minimum atomic E-state index is -0.826. The summed E-state index contributed by atoms with van der Waals surface area (Å²) in [5.74, 6) is -1.62. The molecule has 0 bridgehead atoms. The van der Waals surface area contributed by atoms with Gasteiger partial charge in [0.15, 0.2) is 11.5 Å². The normalized spacial score (nSPS) is 10.1. The minimum Gasteiger partial charge on any atom is -0.464 e. The van der Waals surface area contributed by atoms with E-state index in [-0.39, 0.29) is 18.0 Å². The zero-order chi connectivity index (χ0) is 11.3. The molecule has 0 radical (unpaired) electrons. The fourth-order valence-corrected chi connectivity index (χ4v) is 0.945. The van der Waals surface area contributed by atoms with E-state index in [1.807, 2.05) is 0 Å². The highest BCUT2D eigenvalue weighted by Gasteiger charge is 2.17. The van der Waals surface area contributed by atoms with Gasteiger partial charge in [0, 0.05) is 6.61 Å². The third kappa shape index (κ3) is 2.69. The maximum atomic E-state index is 13.5. The van der Waals surface area contributed by atoms with Crippen molar-refractivity contribution in [2.24, 2.45) is 0 Å². The van der Waals surface area contributed by atoms with Crippen LogP contribution in [0.2, 0.25) is 0 Å². The van der Waals surface area contributed by atoms with Crippen molar-refractivity contribution in [2.75, 3.05) is 13.7 Å². The van der Waals surface area contributed by atoms with Gasteiger partial charge in [0.1, 0.15) is 12.0 Å². The molecular formula is C9H11FN2O3. The van der Waals surface area contributed by atoms with E-state index in [4.69, 9.17) is 4.74 Å². The van der Waals surface area contributed by atoms with Crippen LogP contribution in [0.3, 0.4) is 0 Å². The SMILES string of the molecule is CCOCc1ncnc(C(=O)OC)c1F. The first-order chi connectivity index (χ1) is 7.20. The van der Waals surface area contributed by atoms with Gasteiger partial charge >= 0.3 is 5.97 Å². The molecular weight excluding hydrogens is 203 g/mol. The molecule has 0 aliphatic heterocycles. The van der Waals surface area contributed by atoms with Crippen LogP contribution in [-0.4, -0.2) is 29.7 Å². The lowest BCUT2D eigenvalue weighted by atomic mass is 10.3. The van der Waals surface area contributed by atoms with Crippen LogP contribution in [0.15, 0.2) is 6.33 Å². The molecule has 0 atom stereocenters. The number of hydrogen-bond acceptors (Lipinski definition) is 5. The monoisotopic (exact) mass is 214 g/mol.